The maximum Gasteiger partial charge on any atom is 0.307 e. The summed E-state index contributed by atoms with van der Waals surface area (Å²) in [6.45, 7) is 0.550. The fourth-order valence-electron chi connectivity index (χ4n) is 2.69. The van der Waals surface area contributed by atoms with Gasteiger partial charge in [-0.25, -0.2) is 4.98 Å². The Morgan fingerprint density at radius 2 is 2.10 bits per heavy atom. The van der Waals surface area contributed by atoms with E-state index >= 15 is 0 Å². The molecular formula is C14H18N2O3S. The second-order valence-electron chi connectivity index (χ2n) is 5.51. The Morgan fingerprint density at radius 3 is 2.80 bits per heavy atom. The van der Waals surface area contributed by atoms with Gasteiger partial charge in [-0.15, -0.1) is 11.3 Å². The van der Waals surface area contributed by atoms with Gasteiger partial charge in [-0.05, 0) is 32.1 Å². The summed E-state index contributed by atoms with van der Waals surface area (Å²) < 4.78 is 0. The van der Waals surface area contributed by atoms with E-state index < -0.39 is 11.9 Å². The van der Waals surface area contributed by atoms with Crippen molar-refractivity contribution in [2.45, 2.75) is 38.5 Å². The van der Waals surface area contributed by atoms with Crippen LogP contribution < -0.4 is 5.32 Å². The zero-order valence-corrected chi connectivity index (χ0v) is 12.0. The summed E-state index contributed by atoms with van der Waals surface area (Å²) >= 11 is 1.76. The molecule has 0 aliphatic heterocycles. The van der Waals surface area contributed by atoms with Gasteiger partial charge < -0.3 is 10.4 Å². The van der Waals surface area contributed by atoms with Gasteiger partial charge >= 0.3 is 5.97 Å². The molecule has 1 heterocycles. The minimum atomic E-state index is -0.863. The first-order valence-electron chi connectivity index (χ1n) is 7.13. The van der Waals surface area contributed by atoms with Gasteiger partial charge in [-0.2, -0.15) is 0 Å². The number of carbonyl (C=O) groups excluding carboxylic acids is 1. The van der Waals surface area contributed by atoms with Crippen LogP contribution in [0.5, 0.6) is 0 Å². The van der Waals surface area contributed by atoms with E-state index in [-0.39, 0.29) is 11.8 Å². The van der Waals surface area contributed by atoms with Crippen molar-refractivity contribution in [2.75, 3.05) is 6.54 Å². The monoisotopic (exact) mass is 294 g/mol. The molecular weight excluding hydrogens is 276 g/mol. The minimum Gasteiger partial charge on any atom is -0.481 e. The first-order chi connectivity index (χ1) is 9.65. The number of amides is 1. The third kappa shape index (κ3) is 2.85. The van der Waals surface area contributed by atoms with Crippen molar-refractivity contribution in [3.8, 4) is 0 Å². The van der Waals surface area contributed by atoms with Crippen molar-refractivity contribution < 1.29 is 14.7 Å². The minimum absolute atomic E-state index is 0.126. The second-order valence-corrected chi connectivity index (χ2v) is 6.68. The molecule has 2 N–H and O–H groups in total. The molecule has 0 radical (unpaired) electrons. The highest BCUT2D eigenvalue weighted by atomic mass is 32.1. The van der Waals surface area contributed by atoms with E-state index in [4.69, 9.17) is 5.11 Å². The maximum atomic E-state index is 11.7. The molecule has 2 aliphatic rings. The van der Waals surface area contributed by atoms with Crippen molar-refractivity contribution in [3.63, 3.8) is 0 Å². The molecule has 0 spiro atoms. The third-order valence-electron chi connectivity index (χ3n) is 3.97. The van der Waals surface area contributed by atoms with Crippen molar-refractivity contribution in [1.29, 1.82) is 0 Å². The number of carbonyl (C=O) groups is 2. The number of nitrogens with one attached hydrogen (secondary N) is 1. The summed E-state index contributed by atoms with van der Waals surface area (Å²) in [5.74, 6) is -1.78. The Labute approximate surface area is 121 Å². The van der Waals surface area contributed by atoms with Crippen LogP contribution >= 0.6 is 11.3 Å². The Morgan fingerprint density at radius 1 is 1.30 bits per heavy atom. The van der Waals surface area contributed by atoms with Crippen molar-refractivity contribution in [3.05, 3.63) is 15.6 Å². The Bertz CT molecular complexity index is 517. The van der Waals surface area contributed by atoms with E-state index in [1.165, 1.54) is 23.4 Å². The molecule has 0 aromatic carbocycles. The van der Waals surface area contributed by atoms with Gasteiger partial charge in [0.15, 0.2) is 0 Å². The van der Waals surface area contributed by atoms with Crippen LogP contribution in [0.25, 0.3) is 0 Å². The van der Waals surface area contributed by atoms with Crippen LogP contribution in [-0.4, -0.2) is 28.5 Å². The molecule has 5 nitrogen and oxygen atoms in total. The molecule has 108 valence electrons. The number of carboxylic acids is 1. The average molecular weight is 294 g/mol. The zero-order chi connectivity index (χ0) is 14.1. The average Bonchev–Trinajstić information content (AvgIpc) is 3.13. The van der Waals surface area contributed by atoms with Crippen LogP contribution in [0.4, 0.5) is 0 Å². The molecule has 1 fully saturated rings. The van der Waals surface area contributed by atoms with Gasteiger partial charge in [-0.1, -0.05) is 0 Å². The molecule has 20 heavy (non-hydrogen) atoms. The predicted octanol–water partition coefficient (Wildman–Crippen LogP) is 1.40. The third-order valence-corrected chi connectivity index (χ3v) is 5.19. The van der Waals surface area contributed by atoms with E-state index in [2.05, 4.69) is 10.3 Å². The number of aromatic nitrogens is 1. The largest absolute Gasteiger partial charge is 0.481 e. The number of aryl methyl sites for hydroxylation is 2. The summed E-state index contributed by atoms with van der Waals surface area (Å²) in [4.78, 5) is 28.4. The molecule has 6 heteroatoms. The molecule has 2 aliphatic carbocycles. The maximum absolute atomic E-state index is 11.7. The first-order valence-corrected chi connectivity index (χ1v) is 7.95. The van der Waals surface area contributed by atoms with E-state index in [9.17, 15) is 9.59 Å². The van der Waals surface area contributed by atoms with E-state index in [0.29, 0.717) is 13.0 Å². The van der Waals surface area contributed by atoms with Crippen molar-refractivity contribution in [1.82, 2.24) is 10.3 Å². The van der Waals surface area contributed by atoms with Gasteiger partial charge in [0.1, 0.15) is 0 Å². The number of hydrogen-bond acceptors (Lipinski definition) is 4. The number of rotatable bonds is 5. The van der Waals surface area contributed by atoms with E-state index in [0.717, 1.165) is 24.3 Å². The molecule has 3 rings (SSSR count). The molecule has 0 bridgehead atoms. The molecule has 1 amide bonds. The number of fused-ring (bicyclic) bond motifs is 1. The molecule has 0 saturated heterocycles. The fourth-order valence-corrected chi connectivity index (χ4v) is 3.85. The lowest BCUT2D eigenvalue weighted by Crippen LogP contribution is -2.28. The standard InChI is InChI=1S/C14H18N2O3S/c17-13(8-7-9(8)14(18)19)15-6-5-12-16-10-3-1-2-4-11(10)20-12/h8-9H,1-7H2,(H,15,17)(H,18,19)/t8-,9-/m1/s1. The van der Waals surface area contributed by atoms with Crippen LogP contribution in [0, 0.1) is 11.8 Å². The molecule has 1 aromatic rings. The number of carboxylic acid groups (broad SMARTS) is 1. The zero-order valence-electron chi connectivity index (χ0n) is 11.2. The highest BCUT2D eigenvalue weighted by Crippen LogP contribution is 2.38. The summed E-state index contributed by atoms with van der Waals surface area (Å²) in [7, 11) is 0. The molecule has 1 aromatic heterocycles. The number of aliphatic carboxylic acids is 1. The van der Waals surface area contributed by atoms with Crippen LogP contribution in [0.2, 0.25) is 0 Å². The summed E-state index contributed by atoms with van der Waals surface area (Å²) in [6, 6.07) is 0. The second kappa shape index (κ2) is 5.52. The summed E-state index contributed by atoms with van der Waals surface area (Å²) in [6.07, 6.45) is 5.93. The lowest BCUT2D eigenvalue weighted by Gasteiger charge is -2.06. The van der Waals surface area contributed by atoms with Gasteiger partial charge in [-0.3, -0.25) is 9.59 Å². The highest BCUT2D eigenvalue weighted by molar-refractivity contribution is 7.11. The lowest BCUT2D eigenvalue weighted by atomic mass is 10.0. The van der Waals surface area contributed by atoms with Crippen LogP contribution in [0.3, 0.4) is 0 Å². The molecule has 2 atom stereocenters. The molecule has 1 saturated carbocycles. The topological polar surface area (TPSA) is 79.3 Å². The SMILES string of the molecule is O=C(O)[C@@H]1C[C@H]1C(=O)NCCc1nc2c(s1)CCCC2. The Hall–Kier alpha value is -1.43. The van der Waals surface area contributed by atoms with E-state index in [1.54, 1.807) is 11.3 Å². The summed E-state index contributed by atoms with van der Waals surface area (Å²) in [5, 5.41) is 12.7. The first kappa shape index (κ1) is 13.5. The fraction of sp³-hybridized carbons (Fsp3) is 0.643. The van der Waals surface area contributed by atoms with Gasteiger partial charge in [0.25, 0.3) is 0 Å². The Kier molecular flexibility index (Phi) is 3.74. The number of hydrogen-bond donors (Lipinski definition) is 2. The van der Waals surface area contributed by atoms with Gasteiger partial charge in [0, 0.05) is 17.8 Å². The predicted molar refractivity (Wildman–Crippen MR) is 74.7 cm³/mol. The van der Waals surface area contributed by atoms with Gasteiger partial charge in [0.2, 0.25) is 5.91 Å². The smallest absolute Gasteiger partial charge is 0.307 e. The van der Waals surface area contributed by atoms with Crippen molar-refractivity contribution >= 4 is 23.2 Å². The van der Waals surface area contributed by atoms with Crippen LogP contribution in [0.1, 0.15) is 34.8 Å². The Balaban J connectivity index is 1.45. The number of thiazole rings is 1. The highest BCUT2D eigenvalue weighted by Gasteiger charge is 2.48. The normalized spacial score (nSPS) is 24.0. The van der Waals surface area contributed by atoms with Crippen LogP contribution in [0.15, 0.2) is 0 Å². The lowest BCUT2D eigenvalue weighted by molar-refractivity contribution is -0.140. The van der Waals surface area contributed by atoms with Crippen LogP contribution in [-0.2, 0) is 28.9 Å². The van der Waals surface area contributed by atoms with E-state index in [1.807, 2.05) is 0 Å². The van der Waals surface area contributed by atoms with Gasteiger partial charge in [0.05, 0.1) is 22.5 Å². The quantitative estimate of drug-likeness (QED) is 0.860. The van der Waals surface area contributed by atoms with Crippen molar-refractivity contribution in [2.24, 2.45) is 11.8 Å². The molecule has 0 unspecified atom stereocenters. The summed E-state index contributed by atoms with van der Waals surface area (Å²) in [5.41, 5.74) is 1.25. The number of nitrogens with zero attached hydrogens (tertiary/aromatic N) is 1.